The third-order valence-corrected chi connectivity index (χ3v) is 2.77. The number of aromatic nitrogens is 1. The molecule has 116 valence electrons. The number of aliphatic hydroxyl groups is 1. The zero-order valence-electron chi connectivity index (χ0n) is 11.5. The van der Waals surface area contributed by atoms with Crippen molar-refractivity contribution in [3.8, 4) is 5.75 Å². The van der Waals surface area contributed by atoms with Crippen molar-refractivity contribution in [2.45, 2.75) is 6.10 Å². The number of amides is 1. The van der Waals surface area contributed by atoms with Crippen LogP contribution in [0.2, 0.25) is 0 Å². The van der Waals surface area contributed by atoms with Gasteiger partial charge in [0.1, 0.15) is 24.3 Å². The van der Waals surface area contributed by atoms with Crippen LogP contribution in [-0.2, 0) is 0 Å². The maximum atomic E-state index is 13.3. The number of ether oxygens (including phenoxy) is 1. The number of nitrogens with one attached hydrogen (secondary N) is 1. The van der Waals surface area contributed by atoms with E-state index < -0.39 is 17.8 Å². The number of nitrogens with zero attached hydrogens (tertiary/aromatic N) is 1. The predicted octanol–water partition coefficient (Wildman–Crippen LogP) is 1.53. The molecule has 0 aliphatic carbocycles. The molecule has 0 saturated heterocycles. The minimum atomic E-state index is -0.987. The average Bonchev–Trinajstić information content (AvgIpc) is 2.52. The van der Waals surface area contributed by atoms with E-state index in [9.17, 15) is 18.7 Å². The quantitative estimate of drug-likeness (QED) is 0.849. The molecular formula is C15H14F2N2O3. The number of hydrogen-bond acceptors (Lipinski definition) is 4. The van der Waals surface area contributed by atoms with Crippen molar-refractivity contribution in [3.63, 3.8) is 0 Å². The molecule has 1 aromatic carbocycles. The average molecular weight is 308 g/mol. The van der Waals surface area contributed by atoms with Gasteiger partial charge in [0.15, 0.2) is 5.82 Å². The highest BCUT2D eigenvalue weighted by molar-refractivity contribution is 5.94. The standard InChI is InChI=1S/C15H14F2N2O3/c16-10-1-3-12(4-2-10)22-9-11(20)7-19-15(21)13-5-6-18-8-14(13)17/h1-6,8,11,20H,7,9H2,(H,19,21). The van der Waals surface area contributed by atoms with Gasteiger partial charge in [0.05, 0.1) is 11.8 Å². The van der Waals surface area contributed by atoms with Crippen LogP contribution in [-0.4, -0.2) is 35.3 Å². The summed E-state index contributed by atoms with van der Waals surface area (Å²) in [7, 11) is 0. The summed E-state index contributed by atoms with van der Waals surface area (Å²) in [6, 6.07) is 6.55. The Morgan fingerprint density at radius 3 is 2.68 bits per heavy atom. The van der Waals surface area contributed by atoms with E-state index in [-0.39, 0.29) is 24.5 Å². The van der Waals surface area contributed by atoms with E-state index >= 15 is 0 Å². The molecule has 2 rings (SSSR count). The zero-order valence-corrected chi connectivity index (χ0v) is 11.5. The highest BCUT2D eigenvalue weighted by Crippen LogP contribution is 2.11. The first-order valence-electron chi connectivity index (χ1n) is 6.50. The molecule has 1 aromatic heterocycles. The maximum Gasteiger partial charge on any atom is 0.254 e. The molecule has 1 amide bonds. The van der Waals surface area contributed by atoms with Gasteiger partial charge in [-0.2, -0.15) is 0 Å². The van der Waals surface area contributed by atoms with Gasteiger partial charge in [0.2, 0.25) is 0 Å². The third kappa shape index (κ3) is 4.49. The number of pyridine rings is 1. The van der Waals surface area contributed by atoms with Crippen molar-refractivity contribution in [3.05, 3.63) is 59.9 Å². The van der Waals surface area contributed by atoms with Gasteiger partial charge in [0, 0.05) is 12.7 Å². The fourth-order valence-electron chi connectivity index (χ4n) is 1.65. The molecule has 5 nitrogen and oxygen atoms in total. The summed E-state index contributed by atoms with van der Waals surface area (Å²) in [6.07, 6.45) is 1.24. The molecule has 0 aliphatic heterocycles. The second kappa shape index (κ2) is 7.46. The van der Waals surface area contributed by atoms with Crippen LogP contribution in [0.25, 0.3) is 0 Å². The van der Waals surface area contributed by atoms with Crippen molar-refractivity contribution in [1.82, 2.24) is 10.3 Å². The van der Waals surface area contributed by atoms with E-state index in [4.69, 9.17) is 4.74 Å². The molecule has 1 heterocycles. The van der Waals surface area contributed by atoms with Crippen molar-refractivity contribution >= 4 is 5.91 Å². The summed E-state index contributed by atoms with van der Waals surface area (Å²) in [4.78, 5) is 15.2. The van der Waals surface area contributed by atoms with Crippen LogP contribution in [0, 0.1) is 11.6 Å². The van der Waals surface area contributed by atoms with Crippen LogP contribution in [0.1, 0.15) is 10.4 Å². The maximum absolute atomic E-state index is 13.3. The second-order valence-electron chi connectivity index (χ2n) is 4.48. The topological polar surface area (TPSA) is 71.5 Å². The first kappa shape index (κ1) is 15.8. The summed E-state index contributed by atoms with van der Waals surface area (Å²) in [5.41, 5.74) is -0.151. The monoisotopic (exact) mass is 308 g/mol. The summed E-state index contributed by atoms with van der Waals surface area (Å²) in [5, 5.41) is 12.1. The number of halogens is 2. The summed E-state index contributed by atoms with van der Waals surface area (Å²) < 4.78 is 31.3. The smallest absolute Gasteiger partial charge is 0.254 e. The van der Waals surface area contributed by atoms with Gasteiger partial charge in [-0.25, -0.2) is 8.78 Å². The number of carbonyl (C=O) groups is 1. The van der Waals surface area contributed by atoms with Crippen LogP contribution in [0.5, 0.6) is 5.75 Å². The van der Waals surface area contributed by atoms with E-state index in [0.29, 0.717) is 5.75 Å². The van der Waals surface area contributed by atoms with Gasteiger partial charge in [-0.15, -0.1) is 0 Å². The van der Waals surface area contributed by atoms with Gasteiger partial charge in [-0.05, 0) is 30.3 Å². The molecule has 0 spiro atoms. The molecule has 0 radical (unpaired) electrons. The molecule has 0 bridgehead atoms. The second-order valence-corrected chi connectivity index (χ2v) is 4.48. The molecule has 0 aliphatic rings. The van der Waals surface area contributed by atoms with Crippen LogP contribution < -0.4 is 10.1 Å². The molecule has 2 N–H and O–H groups in total. The Bertz CT molecular complexity index is 635. The predicted molar refractivity (Wildman–Crippen MR) is 74.4 cm³/mol. The molecule has 1 unspecified atom stereocenters. The van der Waals surface area contributed by atoms with Crippen molar-refractivity contribution in [2.24, 2.45) is 0 Å². The lowest BCUT2D eigenvalue weighted by atomic mass is 10.2. The third-order valence-electron chi connectivity index (χ3n) is 2.77. The lowest BCUT2D eigenvalue weighted by molar-refractivity contribution is 0.0840. The summed E-state index contributed by atoms with van der Waals surface area (Å²) >= 11 is 0. The lowest BCUT2D eigenvalue weighted by Crippen LogP contribution is -2.35. The number of carbonyl (C=O) groups excluding carboxylic acids is 1. The Kier molecular flexibility index (Phi) is 5.37. The number of benzene rings is 1. The fourth-order valence-corrected chi connectivity index (χ4v) is 1.65. The Labute approximate surface area is 125 Å². The van der Waals surface area contributed by atoms with Gasteiger partial charge in [0.25, 0.3) is 5.91 Å². The number of rotatable bonds is 6. The lowest BCUT2D eigenvalue weighted by Gasteiger charge is -2.13. The summed E-state index contributed by atoms with van der Waals surface area (Å²) in [5.74, 6) is -1.38. The number of aliphatic hydroxyl groups excluding tert-OH is 1. The largest absolute Gasteiger partial charge is 0.491 e. The van der Waals surface area contributed by atoms with E-state index in [0.717, 1.165) is 6.20 Å². The first-order valence-corrected chi connectivity index (χ1v) is 6.50. The summed E-state index contributed by atoms with van der Waals surface area (Å²) in [6.45, 7) is -0.202. The Morgan fingerprint density at radius 2 is 2.00 bits per heavy atom. The van der Waals surface area contributed by atoms with Crippen molar-refractivity contribution < 1.29 is 23.4 Å². The molecule has 22 heavy (non-hydrogen) atoms. The normalized spacial score (nSPS) is 11.8. The van der Waals surface area contributed by atoms with Gasteiger partial charge < -0.3 is 15.2 Å². The number of hydrogen-bond donors (Lipinski definition) is 2. The van der Waals surface area contributed by atoms with Crippen LogP contribution in [0.15, 0.2) is 42.7 Å². The van der Waals surface area contributed by atoms with Gasteiger partial charge in [-0.1, -0.05) is 0 Å². The highest BCUT2D eigenvalue weighted by Gasteiger charge is 2.13. The minimum absolute atomic E-state index is 0.0925. The van der Waals surface area contributed by atoms with Crippen LogP contribution >= 0.6 is 0 Å². The van der Waals surface area contributed by atoms with E-state index in [2.05, 4.69) is 10.3 Å². The van der Waals surface area contributed by atoms with Crippen LogP contribution in [0.4, 0.5) is 8.78 Å². The Morgan fingerprint density at radius 1 is 1.27 bits per heavy atom. The van der Waals surface area contributed by atoms with Crippen molar-refractivity contribution in [1.29, 1.82) is 0 Å². The molecule has 1 atom stereocenters. The van der Waals surface area contributed by atoms with E-state index in [1.165, 1.54) is 36.5 Å². The zero-order chi connectivity index (χ0) is 15.9. The van der Waals surface area contributed by atoms with Gasteiger partial charge >= 0.3 is 0 Å². The molecule has 0 saturated carbocycles. The first-order chi connectivity index (χ1) is 10.6. The Balaban J connectivity index is 1.78. The molecule has 0 fully saturated rings. The van der Waals surface area contributed by atoms with Gasteiger partial charge in [-0.3, -0.25) is 9.78 Å². The van der Waals surface area contributed by atoms with Crippen LogP contribution in [0.3, 0.4) is 0 Å². The van der Waals surface area contributed by atoms with E-state index in [1.54, 1.807) is 0 Å². The van der Waals surface area contributed by atoms with Crippen molar-refractivity contribution in [2.75, 3.05) is 13.2 Å². The molecule has 2 aromatic rings. The minimum Gasteiger partial charge on any atom is -0.491 e. The highest BCUT2D eigenvalue weighted by atomic mass is 19.1. The Hall–Kier alpha value is -2.54. The molecule has 7 heteroatoms. The SMILES string of the molecule is O=C(NCC(O)COc1ccc(F)cc1)c1ccncc1F. The molecular weight excluding hydrogens is 294 g/mol. The fraction of sp³-hybridized carbons (Fsp3) is 0.200. The van der Waals surface area contributed by atoms with E-state index in [1.807, 2.05) is 0 Å².